The summed E-state index contributed by atoms with van der Waals surface area (Å²) in [7, 11) is 0. The lowest BCUT2D eigenvalue weighted by Crippen LogP contribution is -2.43. The molecule has 1 heterocycles. The maximum Gasteiger partial charge on any atom is 0.339 e. The Kier molecular flexibility index (Phi) is 3.34. The largest absolute Gasteiger partial charge is 0.489 e. The van der Waals surface area contributed by atoms with Crippen molar-refractivity contribution >= 4 is 11.7 Å². The number of carbonyl (C=O) groups is 1. The van der Waals surface area contributed by atoms with Crippen LogP contribution >= 0.6 is 0 Å². The summed E-state index contributed by atoms with van der Waals surface area (Å²) in [6, 6.07) is 5.88. The third-order valence-electron chi connectivity index (χ3n) is 4.81. The topological polar surface area (TPSA) is 49.8 Å². The fraction of sp³-hybridized carbons (Fsp3) is 0.588. The van der Waals surface area contributed by atoms with Gasteiger partial charge in [0.05, 0.1) is 12.2 Å². The van der Waals surface area contributed by atoms with Gasteiger partial charge >= 0.3 is 5.97 Å². The number of rotatable bonds is 2. The third kappa shape index (κ3) is 2.47. The SMILES string of the molecule is CC1CC(C)(C)CC1N1CCOc2c(C(=O)O)cccc21. The Morgan fingerprint density at radius 1 is 1.38 bits per heavy atom. The van der Waals surface area contributed by atoms with E-state index in [0.29, 0.717) is 29.7 Å². The standard InChI is InChI=1S/C17H23NO3/c1-11-9-17(2,3)10-14(11)18-7-8-21-15-12(16(19)20)5-4-6-13(15)18/h4-6,11,14H,7-10H2,1-3H3,(H,19,20). The Labute approximate surface area is 125 Å². The molecule has 1 aliphatic carbocycles. The number of para-hydroxylation sites is 1. The molecule has 2 aliphatic rings. The third-order valence-corrected chi connectivity index (χ3v) is 4.81. The lowest BCUT2D eigenvalue weighted by atomic mass is 9.91. The molecule has 0 radical (unpaired) electrons. The number of fused-ring (bicyclic) bond motifs is 1. The van der Waals surface area contributed by atoms with E-state index in [4.69, 9.17) is 4.74 Å². The Bertz CT molecular complexity index is 567. The van der Waals surface area contributed by atoms with E-state index >= 15 is 0 Å². The van der Waals surface area contributed by atoms with E-state index in [-0.39, 0.29) is 5.56 Å². The number of nitrogens with zero attached hydrogens (tertiary/aromatic N) is 1. The first-order chi connectivity index (χ1) is 9.89. The molecule has 3 rings (SSSR count). The van der Waals surface area contributed by atoms with Gasteiger partial charge < -0.3 is 14.7 Å². The second kappa shape index (κ2) is 4.93. The minimum absolute atomic E-state index is 0.266. The second-order valence-corrected chi connectivity index (χ2v) is 7.12. The summed E-state index contributed by atoms with van der Waals surface area (Å²) in [5, 5.41) is 9.33. The van der Waals surface area contributed by atoms with E-state index in [1.54, 1.807) is 6.07 Å². The molecule has 0 saturated heterocycles. The van der Waals surface area contributed by atoms with Crippen LogP contribution in [0.5, 0.6) is 5.75 Å². The van der Waals surface area contributed by atoms with Crippen molar-refractivity contribution in [3.63, 3.8) is 0 Å². The molecule has 114 valence electrons. The highest BCUT2D eigenvalue weighted by molar-refractivity contribution is 5.93. The Morgan fingerprint density at radius 3 is 2.76 bits per heavy atom. The normalized spacial score (nSPS) is 27.1. The van der Waals surface area contributed by atoms with E-state index in [1.807, 2.05) is 12.1 Å². The van der Waals surface area contributed by atoms with Gasteiger partial charge in [-0.15, -0.1) is 0 Å². The Balaban J connectivity index is 1.98. The smallest absolute Gasteiger partial charge is 0.339 e. The fourth-order valence-electron chi connectivity index (χ4n) is 4.06. The van der Waals surface area contributed by atoms with Crippen LogP contribution < -0.4 is 9.64 Å². The van der Waals surface area contributed by atoms with Crippen molar-refractivity contribution in [2.45, 2.75) is 39.7 Å². The maximum atomic E-state index is 11.4. The zero-order chi connectivity index (χ0) is 15.2. The molecule has 2 atom stereocenters. The summed E-state index contributed by atoms with van der Waals surface area (Å²) >= 11 is 0. The summed E-state index contributed by atoms with van der Waals surface area (Å²) in [6.45, 7) is 8.33. The summed E-state index contributed by atoms with van der Waals surface area (Å²) in [5.41, 5.74) is 1.56. The molecule has 4 heteroatoms. The average molecular weight is 289 g/mol. The molecule has 0 amide bonds. The highest BCUT2D eigenvalue weighted by atomic mass is 16.5. The molecule has 1 aromatic rings. The summed E-state index contributed by atoms with van der Waals surface area (Å²) in [4.78, 5) is 13.7. The molecule has 1 aliphatic heterocycles. The summed E-state index contributed by atoms with van der Waals surface area (Å²) < 4.78 is 5.67. The van der Waals surface area contributed by atoms with Crippen LogP contribution in [0.15, 0.2) is 18.2 Å². The molecule has 1 aromatic carbocycles. The highest BCUT2D eigenvalue weighted by Gasteiger charge is 2.41. The van der Waals surface area contributed by atoms with Crippen LogP contribution in [-0.4, -0.2) is 30.3 Å². The average Bonchev–Trinajstić information content (AvgIpc) is 2.70. The number of carboxylic acid groups (broad SMARTS) is 1. The van der Waals surface area contributed by atoms with Crippen molar-refractivity contribution in [1.82, 2.24) is 0 Å². The quantitative estimate of drug-likeness (QED) is 0.906. The first-order valence-electron chi connectivity index (χ1n) is 7.65. The van der Waals surface area contributed by atoms with Gasteiger partial charge in [-0.25, -0.2) is 4.79 Å². The van der Waals surface area contributed by atoms with Crippen LogP contribution in [0.1, 0.15) is 44.0 Å². The number of hydrogen-bond donors (Lipinski definition) is 1. The number of ether oxygens (including phenoxy) is 1. The van der Waals surface area contributed by atoms with E-state index in [2.05, 4.69) is 25.7 Å². The summed E-state index contributed by atoms with van der Waals surface area (Å²) in [6.07, 6.45) is 2.36. The first-order valence-corrected chi connectivity index (χ1v) is 7.65. The van der Waals surface area contributed by atoms with Crippen LogP contribution in [0, 0.1) is 11.3 Å². The number of anilines is 1. The van der Waals surface area contributed by atoms with Gasteiger partial charge in [-0.3, -0.25) is 0 Å². The van der Waals surface area contributed by atoms with E-state index in [0.717, 1.165) is 18.7 Å². The van der Waals surface area contributed by atoms with Crippen molar-refractivity contribution < 1.29 is 14.6 Å². The fourth-order valence-corrected chi connectivity index (χ4v) is 4.06. The van der Waals surface area contributed by atoms with Crippen LogP contribution in [0.2, 0.25) is 0 Å². The number of carboxylic acids is 1. The second-order valence-electron chi connectivity index (χ2n) is 7.12. The molecule has 4 nitrogen and oxygen atoms in total. The molecule has 0 bridgehead atoms. The van der Waals surface area contributed by atoms with Gasteiger partial charge in [-0.1, -0.05) is 26.8 Å². The predicted molar refractivity (Wildman–Crippen MR) is 82.2 cm³/mol. The van der Waals surface area contributed by atoms with Crippen LogP contribution in [-0.2, 0) is 0 Å². The van der Waals surface area contributed by atoms with Crippen molar-refractivity contribution in [2.75, 3.05) is 18.1 Å². The van der Waals surface area contributed by atoms with E-state index in [1.165, 1.54) is 6.42 Å². The van der Waals surface area contributed by atoms with Crippen molar-refractivity contribution in [3.8, 4) is 5.75 Å². The van der Waals surface area contributed by atoms with E-state index in [9.17, 15) is 9.90 Å². The zero-order valence-corrected chi connectivity index (χ0v) is 12.9. The molecular weight excluding hydrogens is 266 g/mol. The molecule has 21 heavy (non-hydrogen) atoms. The Hall–Kier alpha value is -1.71. The number of aromatic carboxylic acids is 1. The Morgan fingerprint density at radius 2 is 2.14 bits per heavy atom. The minimum atomic E-state index is -0.923. The van der Waals surface area contributed by atoms with Gasteiger partial charge in [0.25, 0.3) is 0 Å². The lowest BCUT2D eigenvalue weighted by Gasteiger charge is -2.38. The van der Waals surface area contributed by atoms with Crippen molar-refractivity contribution in [1.29, 1.82) is 0 Å². The molecule has 1 saturated carbocycles. The first kappa shape index (κ1) is 14.2. The van der Waals surface area contributed by atoms with Gasteiger partial charge in [0, 0.05) is 6.04 Å². The molecular formula is C17H23NO3. The molecule has 1 N–H and O–H groups in total. The van der Waals surface area contributed by atoms with Gasteiger partial charge in [0.15, 0.2) is 5.75 Å². The lowest BCUT2D eigenvalue weighted by molar-refractivity contribution is 0.0691. The van der Waals surface area contributed by atoms with Crippen molar-refractivity contribution in [3.05, 3.63) is 23.8 Å². The zero-order valence-electron chi connectivity index (χ0n) is 12.9. The molecule has 1 fully saturated rings. The van der Waals surface area contributed by atoms with Crippen LogP contribution in [0.3, 0.4) is 0 Å². The monoisotopic (exact) mass is 289 g/mol. The minimum Gasteiger partial charge on any atom is -0.489 e. The maximum absolute atomic E-state index is 11.4. The summed E-state index contributed by atoms with van der Waals surface area (Å²) in [5.74, 6) is 0.223. The van der Waals surface area contributed by atoms with Gasteiger partial charge in [0.2, 0.25) is 0 Å². The number of hydrogen-bond acceptors (Lipinski definition) is 3. The van der Waals surface area contributed by atoms with Gasteiger partial charge in [-0.2, -0.15) is 0 Å². The van der Waals surface area contributed by atoms with Crippen LogP contribution in [0.4, 0.5) is 5.69 Å². The van der Waals surface area contributed by atoms with Gasteiger partial charge in [0.1, 0.15) is 12.2 Å². The molecule has 2 unspecified atom stereocenters. The molecule has 0 spiro atoms. The highest BCUT2D eigenvalue weighted by Crippen LogP contribution is 2.46. The molecule has 0 aromatic heterocycles. The van der Waals surface area contributed by atoms with E-state index < -0.39 is 5.97 Å². The van der Waals surface area contributed by atoms with Crippen molar-refractivity contribution in [2.24, 2.45) is 11.3 Å². The van der Waals surface area contributed by atoms with Crippen LogP contribution in [0.25, 0.3) is 0 Å². The predicted octanol–water partition coefficient (Wildman–Crippen LogP) is 3.41. The van der Waals surface area contributed by atoms with Gasteiger partial charge in [-0.05, 0) is 36.3 Å². The number of benzene rings is 1.